The first-order valence-electron chi connectivity index (χ1n) is 3.89. The lowest BCUT2D eigenvalue weighted by molar-refractivity contribution is -0.141. The zero-order valence-corrected chi connectivity index (χ0v) is 6.74. The van der Waals surface area contributed by atoms with Crippen LogP contribution >= 0.6 is 0 Å². The van der Waals surface area contributed by atoms with Gasteiger partial charge in [0, 0.05) is 6.54 Å². The summed E-state index contributed by atoms with van der Waals surface area (Å²) in [5.74, 6) is -0.566. The third kappa shape index (κ3) is 1.40. The molecular weight excluding hydrogens is 172 g/mol. The van der Waals surface area contributed by atoms with Gasteiger partial charge in [-0.25, -0.2) is 0 Å². The molecule has 1 fully saturated rings. The Labute approximate surface area is 74.1 Å². The normalized spacial score (nSPS) is 22.3. The lowest BCUT2D eigenvalue weighted by Gasteiger charge is -2.21. The van der Waals surface area contributed by atoms with Gasteiger partial charge >= 0.3 is 11.8 Å². The maximum atomic E-state index is 10.9. The van der Waals surface area contributed by atoms with Crippen LogP contribution in [0.2, 0.25) is 0 Å². The summed E-state index contributed by atoms with van der Waals surface area (Å²) in [4.78, 5) is 21.7. The number of carbonyl (C=O) groups is 2. The highest BCUT2D eigenvalue weighted by Gasteiger charge is 2.27. The fourth-order valence-electron chi connectivity index (χ4n) is 1.21. The van der Waals surface area contributed by atoms with Crippen LogP contribution < -0.4 is 10.6 Å². The smallest absolute Gasteiger partial charge is 0.309 e. The lowest BCUT2D eigenvalue weighted by atomic mass is 10.2. The fourth-order valence-corrected chi connectivity index (χ4v) is 1.21. The van der Waals surface area contributed by atoms with E-state index >= 15 is 0 Å². The Balaban J connectivity index is 2.12. The van der Waals surface area contributed by atoms with Crippen molar-refractivity contribution in [3.05, 3.63) is 24.2 Å². The maximum Gasteiger partial charge on any atom is 0.309 e. The van der Waals surface area contributed by atoms with Gasteiger partial charge in [0.2, 0.25) is 0 Å². The van der Waals surface area contributed by atoms with Gasteiger partial charge in [0.15, 0.2) is 0 Å². The Hall–Kier alpha value is -1.78. The second-order valence-corrected chi connectivity index (χ2v) is 2.75. The fraction of sp³-hybridized carbons (Fsp3) is 0.250. The van der Waals surface area contributed by atoms with E-state index in [1.807, 2.05) is 0 Å². The molecule has 0 aliphatic carbocycles. The van der Waals surface area contributed by atoms with Gasteiger partial charge in [0.05, 0.1) is 6.26 Å². The predicted octanol–water partition coefficient (Wildman–Crippen LogP) is -0.433. The van der Waals surface area contributed by atoms with Crippen molar-refractivity contribution in [3.63, 3.8) is 0 Å². The predicted molar refractivity (Wildman–Crippen MR) is 42.6 cm³/mol. The Morgan fingerprint density at radius 2 is 2.23 bits per heavy atom. The first-order valence-corrected chi connectivity index (χ1v) is 3.89. The lowest BCUT2D eigenvalue weighted by Crippen LogP contribution is -2.51. The molecule has 2 N–H and O–H groups in total. The molecule has 2 amide bonds. The van der Waals surface area contributed by atoms with E-state index in [2.05, 4.69) is 10.6 Å². The number of carbonyl (C=O) groups excluding carboxylic acids is 2. The van der Waals surface area contributed by atoms with Crippen molar-refractivity contribution in [1.82, 2.24) is 10.6 Å². The number of furan rings is 1. The van der Waals surface area contributed by atoms with Gasteiger partial charge in [-0.05, 0) is 12.1 Å². The van der Waals surface area contributed by atoms with E-state index in [1.165, 1.54) is 6.26 Å². The van der Waals surface area contributed by atoms with E-state index in [1.54, 1.807) is 12.1 Å². The summed E-state index contributed by atoms with van der Waals surface area (Å²) < 4.78 is 5.09. The van der Waals surface area contributed by atoms with Crippen molar-refractivity contribution in [2.75, 3.05) is 6.54 Å². The third-order valence-corrected chi connectivity index (χ3v) is 1.86. The largest absolute Gasteiger partial charge is 0.467 e. The number of piperazine rings is 1. The van der Waals surface area contributed by atoms with E-state index in [0.29, 0.717) is 12.3 Å². The number of hydrogen-bond donors (Lipinski definition) is 2. The first kappa shape index (κ1) is 7.85. The van der Waals surface area contributed by atoms with Crippen molar-refractivity contribution in [3.8, 4) is 0 Å². The van der Waals surface area contributed by atoms with Crippen LogP contribution in [0.4, 0.5) is 0 Å². The van der Waals surface area contributed by atoms with Crippen LogP contribution in [-0.2, 0) is 9.59 Å². The van der Waals surface area contributed by atoms with E-state index in [-0.39, 0.29) is 6.04 Å². The molecule has 0 bridgehead atoms. The highest BCUT2D eigenvalue weighted by molar-refractivity contribution is 6.35. The quantitative estimate of drug-likeness (QED) is 0.576. The Morgan fingerprint density at radius 1 is 1.38 bits per heavy atom. The second kappa shape index (κ2) is 2.93. The molecule has 13 heavy (non-hydrogen) atoms. The van der Waals surface area contributed by atoms with Crippen LogP contribution in [0.1, 0.15) is 11.8 Å². The standard InChI is InChI=1S/C8H8N2O3/c11-7-8(12)10-5(4-9-7)6-2-1-3-13-6/h1-3,5H,4H2,(H,9,11)(H,10,12). The summed E-state index contributed by atoms with van der Waals surface area (Å²) in [5.41, 5.74) is 0. The molecular formula is C8H8N2O3. The minimum absolute atomic E-state index is 0.250. The molecule has 1 aliphatic rings. The van der Waals surface area contributed by atoms with Gasteiger partial charge in [0.1, 0.15) is 11.8 Å². The minimum atomic E-state index is -0.618. The first-order chi connectivity index (χ1) is 6.27. The van der Waals surface area contributed by atoms with E-state index < -0.39 is 11.8 Å². The van der Waals surface area contributed by atoms with Crippen LogP contribution in [0.3, 0.4) is 0 Å². The van der Waals surface area contributed by atoms with E-state index in [9.17, 15) is 9.59 Å². The molecule has 0 saturated carbocycles. The SMILES string of the molecule is O=C1NCC(c2ccco2)NC1=O. The number of amides is 2. The Morgan fingerprint density at radius 3 is 2.85 bits per heavy atom. The van der Waals surface area contributed by atoms with Crippen molar-refractivity contribution in [2.45, 2.75) is 6.04 Å². The van der Waals surface area contributed by atoms with Crippen LogP contribution in [0.5, 0.6) is 0 Å². The van der Waals surface area contributed by atoms with Crippen molar-refractivity contribution < 1.29 is 14.0 Å². The summed E-state index contributed by atoms with van der Waals surface area (Å²) >= 11 is 0. The van der Waals surface area contributed by atoms with Crippen LogP contribution in [0.15, 0.2) is 22.8 Å². The molecule has 1 aromatic rings. The molecule has 5 heteroatoms. The van der Waals surface area contributed by atoms with Crippen LogP contribution in [0.25, 0.3) is 0 Å². The molecule has 2 rings (SSSR count). The van der Waals surface area contributed by atoms with Gasteiger partial charge < -0.3 is 15.1 Å². The molecule has 1 atom stereocenters. The third-order valence-electron chi connectivity index (χ3n) is 1.86. The van der Waals surface area contributed by atoms with Gasteiger partial charge in [-0.3, -0.25) is 9.59 Å². The minimum Gasteiger partial charge on any atom is -0.467 e. The van der Waals surface area contributed by atoms with Gasteiger partial charge in [-0.1, -0.05) is 0 Å². The van der Waals surface area contributed by atoms with Crippen LogP contribution in [0, 0.1) is 0 Å². The summed E-state index contributed by atoms with van der Waals surface area (Å²) in [6.45, 7) is 0.373. The molecule has 1 unspecified atom stereocenters. The molecule has 5 nitrogen and oxygen atoms in total. The van der Waals surface area contributed by atoms with Crippen molar-refractivity contribution >= 4 is 11.8 Å². The molecule has 1 saturated heterocycles. The second-order valence-electron chi connectivity index (χ2n) is 2.75. The molecule has 68 valence electrons. The zero-order chi connectivity index (χ0) is 9.26. The molecule has 1 aliphatic heterocycles. The number of nitrogens with one attached hydrogen (secondary N) is 2. The van der Waals surface area contributed by atoms with Gasteiger partial charge in [-0.2, -0.15) is 0 Å². The Bertz CT molecular complexity index is 331. The maximum absolute atomic E-state index is 10.9. The average molecular weight is 180 g/mol. The van der Waals surface area contributed by atoms with Crippen LogP contribution in [-0.4, -0.2) is 18.4 Å². The molecule has 1 aromatic heterocycles. The van der Waals surface area contributed by atoms with E-state index in [0.717, 1.165) is 0 Å². The molecule has 0 radical (unpaired) electrons. The van der Waals surface area contributed by atoms with E-state index in [4.69, 9.17) is 4.42 Å². The highest BCUT2D eigenvalue weighted by Crippen LogP contribution is 2.13. The number of hydrogen-bond acceptors (Lipinski definition) is 3. The molecule has 2 heterocycles. The summed E-state index contributed by atoms with van der Waals surface area (Å²) in [6, 6.07) is 3.24. The van der Waals surface area contributed by atoms with Crippen molar-refractivity contribution in [1.29, 1.82) is 0 Å². The highest BCUT2D eigenvalue weighted by atomic mass is 16.3. The molecule has 0 aromatic carbocycles. The van der Waals surface area contributed by atoms with Gasteiger partial charge in [0.25, 0.3) is 0 Å². The Kier molecular flexibility index (Phi) is 1.77. The topological polar surface area (TPSA) is 71.3 Å². The van der Waals surface area contributed by atoms with Crippen molar-refractivity contribution in [2.24, 2.45) is 0 Å². The average Bonchev–Trinajstić information content (AvgIpc) is 2.62. The summed E-state index contributed by atoms with van der Waals surface area (Å²) in [5, 5.41) is 4.98. The monoisotopic (exact) mass is 180 g/mol. The van der Waals surface area contributed by atoms with Gasteiger partial charge in [-0.15, -0.1) is 0 Å². The number of rotatable bonds is 1. The summed E-state index contributed by atoms with van der Waals surface area (Å²) in [6.07, 6.45) is 1.53. The zero-order valence-electron chi connectivity index (χ0n) is 6.74. The molecule has 0 spiro atoms. The summed E-state index contributed by atoms with van der Waals surface area (Å²) in [7, 11) is 0.